The highest BCUT2D eigenvalue weighted by atomic mass is 16.5. The van der Waals surface area contributed by atoms with Crippen LogP contribution in [-0.2, 0) is 11.4 Å². The lowest BCUT2D eigenvalue weighted by Crippen LogP contribution is -2.28. The molecule has 144 valence electrons. The van der Waals surface area contributed by atoms with E-state index in [1.54, 1.807) is 0 Å². The molecule has 1 fully saturated rings. The molecule has 0 radical (unpaired) electrons. The number of aliphatic hydroxyl groups is 1. The lowest BCUT2D eigenvalue weighted by molar-refractivity contribution is -0.121. The molecule has 1 heterocycles. The summed E-state index contributed by atoms with van der Waals surface area (Å²) in [5.41, 5.74) is 1.83. The van der Waals surface area contributed by atoms with Crippen molar-refractivity contribution in [1.29, 1.82) is 0 Å². The van der Waals surface area contributed by atoms with E-state index >= 15 is 0 Å². The minimum absolute atomic E-state index is 0.00238. The van der Waals surface area contributed by atoms with E-state index in [9.17, 15) is 9.90 Å². The molecule has 5 nitrogen and oxygen atoms in total. The van der Waals surface area contributed by atoms with E-state index in [1.807, 2.05) is 54.6 Å². The second-order valence-corrected chi connectivity index (χ2v) is 7.06. The molecule has 27 heavy (non-hydrogen) atoms. The van der Waals surface area contributed by atoms with Crippen LogP contribution in [0.5, 0.6) is 5.75 Å². The number of hydrogen-bond acceptors (Lipinski definition) is 4. The molecule has 3 rings (SSSR count). The SMILES string of the molecule is O=C(CCC1CCNC1)NCC(O)c1cccc(OCc2ccccc2)c1. The monoisotopic (exact) mass is 368 g/mol. The maximum atomic E-state index is 12.0. The topological polar surface area (TPSA) is 70.6 Å². The quantitative estimate of drug-likeness (QED) is 0.637. The molecule has 0 spiro atoms. The van der Waals surface area contributed by atoms with Gasteiger partial charge in [0, 0.05) is 13.0 Å². The van der Waals surface area contributed by atoms with Crippen molar-refractivity contribution in [1.82, 2.24) is 10.6 Å². The summed E-state index contributed by atoms with van der Waals surface area (Å²) in [6.07, 6.45) is 1.81. The Labute approximate surface area is 160 Å². The van der Waals surface area contributed by atoms with Crippen molar-refractivity contribution in [3.63, 3.8) is 0 Å². The van der Waals surface area contributed by atoms with Crippen LogP contribution in [0.4, 0.5) is 0 Å². The molecule has 2 aromatic rings. The molecule has 0 aromatic heterocycles. The highest BCUT2D eigenvalue weighted by Gasteiger charge is 2.16. The fourth-order valence-corrected chi connectivity index (χ4v) is 3.27. The molecule has 2 atom stereocenters. The predicted octanol–water partition coefficient (Wildman–Crippen LogP) is 2.80. The normalized spacial score (nSPS) is 17.4. The number of rotatable bonds is 9. The molecule has 0 bridgehead atoms. The Kier molecular flexibility index (Phi) is 7.25. The van der Waals surface area contributed by atoms with Crippen molar-refractivity contribution in [2.24, 2.45) is 5.92 Å². The molecular formula is C22H28N2O3. The summed E-state index contributed by atoms with van der Waals surface area (Å²) < 4.78 is 5.80. The van der Waals surface area contributed by atoms with Gasteiger partial charge in [-0.1, -0.05) is 42.5 Å². The fourth-order valence-electron chi connectivity index (χ4n) is 3.27. The summed E-state index contributed by atoms with van der Waals surface area (Å²) in [6.45, 7) is 2.75. The standard InChI is InChI=1S/C22H28N2O3/c25-21(15-24-22(26)10-9-17-11-12-23-14-17)19-7-4-8-20(13-19)27-16-18-5-2-1-3-6-18/h1-8,13,17,21,23,25H,9-12,14-16H2,(H,24,26). The van der Waals surface area contributed by atoms with Crippen LogP contribution in [0, 0.1) is 5.92 Å². The Morgan fingerprint density at radius 3 is 2.85 bits per heavy atom. The number of carbonyl (C=O) groups excluding carboxylic acids is 1. The van der Waals surface area contributed by atoms with Gasteiger partial charge in [-0.05, 0) is 55.1 Å². The summed E-state index contributed by atoms with van der Waals surface area (Å²) in [4.78, 5) is 12.0. The molecule has 5 heteroatoms. The number of ether oxygens (including phenoxy) is 1. The number of nitrogens with one attached hydrogen (secondary N) is 2. The van der Waals surface area contributed by atoms with E-state index in [1.165, 1.54) is 0 Å². The molecule has 1 aliphatic heterocycles. The van der Waals surface area contributed by atoms with Gasteiger partial charge in [0.2, 0.25) is 5.91 Å². The van der Waals surface area contributed by atoms with Crippen LogP contribution in [0.3, 0.4) is 0 Å². The van der Waals surface area contributed by atoms with Gasteiger partial charge >= 0.3 is 0 Å². The Morgan fingerprint density at radius 2 is 2.07 bits per heavy atom. The van der Waals surface area contributed by atoms with E-state index < -0.39 is 6.10 Å². The molecule has 2 aromatic carbocycles. The van der Waals surface area contributed by atoms with E-state index in [2.05, 4.69) is 10.6 Å². The number of carbonyl (C=O) groups is 1. The lowest BCUT2D eigenvalue weighted by Gasteiger charge is -2.14. The van der Waals surface area contributed by atoms with Gasteiger partial charge in [0.05, 0.1) is 6.10 Å². The van der Waals surface area contributed by atoms with Crippen LogP contribution in [0.25, 0.3) is 0 Å². The maximum Gasteiger partial charge on any atom is 0.220 e. The average Bonchev–Trinajstić information content (AvgIpc) is 3.23. The molecule has 0 saturated carbocycles. The first-order valence-electron chi connectivity index (χ1n) is 9.63. The molecule has 1 amide bonds. The van der Waals surface area contributed by atoms with Crippen molar-refractivity contribution in [2.75, 3.05) is 19.6 Å². The third-order valence-corrected chi connectivity index (χ3v) is 4.93. The maximum absolute atomic E-state index is 12.0. The molecule has 1 saturated heterocycles. The van der Waals surface area contributed by atoms with Crippen LogP contribution in [0.15, 0.2) is 54.6 Å². The number of hydrogen-bond donors (Lipinski definition) is 3. The second kappa shape index (κ2) is 10.1. The summed E-state index contributed by atoms with van der Waals surface area (Å²) in [5.74, 6) is 1.30. The predicted molar refractivity (Wildman–Crippen MR) is 105 cm³/mol. The van der Waals surface area contributed by atoms with Crippen molar-refractivity contribution in [3.05, 3.63) is 65.7 Å². The van der Waals surface area contributed by atoms with Crippen molar-refractivity contribution < 1.29 is 14.6 Å². The van der Waals surface area contributed by atoms with Crippen LogP contribution in [0.2, 0.25) is 0 Å². The summed E-state index contributed by atoms with van der Waals surface area (Å²) >= 11 is 0. The third kappa shape index (κ3) is 6.38. The van der Waals surface area contributed by atoms with Crippen LogP contribution in [0.1, 0.15) is 36.5 Å². The fraction of sp³-hybridized carbons (Fsp3) is 0.409. The van der Waals surface area contributed by atoms with Gasteiger partial charge in [-0.25, -0.2) is 0 Å². The highest BCUT2D eigenvalue weighted by molar-refractivity contribution is 5.75. The minimum atomic E-state index is -0.748. The summed E-state index contributed by atoms with van der Waals surface area (Å²) in [5, 5.41) is 16.5. The first kappa shape index (κ1) is 19.4. The van der Waals surface area contributed by atoms with Gasteiger partial charge < -0.3 is 20.5 Å². The first-order valence-corrected chi connectivity index (χ1v) is 9.63. The van der Waals surface area contributed by atoms with Crippen LogP contribution < -0.4 is 15.4 Å². The average molecular weight is 368 g/mol. The summed E-state index contributed by atoms with van der Waals surface area (Å²) in [6, 6.07) is 17.3. The zero-order valence-corrected chi connectivity index (χ0v) is 15.6. The van der Waals surface area contributed by atoms with Gasteiger partial charge in [-0.2, -0.15) is 0 Å². The zero-order chi connectivity index (χ0) is 18.9. The number of amides is 1. The van der Waals surface area contributed by atoms with Gasteiger partial charge in [0.25, 0.3) is 0 Å². The second-order valence-electron chi connectivity index (χ2n) is 7.06. The van der Waals surface area contributed by atoms with Crippen LogP contribution >= 0.6 is 0 Å². The van der Waals surface area contributed by atoms with Gasteiger partial charge in [-0.15, -0.1) is 0 Å². The van der Waals surface area contributed by atoms with E-state index in [4.69, 9.17) is 4.74 Å². The Bertz CT molecular complexity index is 715. The minimum Gasteiger partial charge on any atom is -0.489 e. The Morgan fingerprint density at radius 1 is 1.22 bits per heavy atom. The Hall–Kier alpha value is -2.37. The first-order chi connectivity index (χ1) is 13.2. The van der Waals surface area contributed by atoms with Gasteiger partial charge in [0.15, 0.2) is 0 Å². The largest absolute Gasteiger partial charge is 0.489 e. The Balaban J connectivity index is 1.43. The molecule has 3 N–H and O–H groups in total. The van der Waals surface area contributed by atoms with E-state index in [0.29, 0.717) is 24.7 Å². The number of aliphatic hydroxyl groups excluding tert-OH is 1. The molecule has 0 aliphatic carbocycles. The van der Waals surface area contributed by atoms with Crippen LogP contribution in [-0.4, -0.2) is 30.6 Å². The molecule has 1 aliphatic rings. The van der Waals surface area contributed by atoms with E-state index in [-0.39, 0.29) is 12.5 Å². The van der Waals surface area contributed by atoms with Crippen molar-refractivity contribution in [3.8, 4) is 5.75 Å². The number of benzene rings is 2. The molecule has 2 unspecified atom stereocenters. The summed E-state index contributed by atoms with van der Waals surface area (Å²) in [7, 11) is 0. The zero-order valence-electron chi connectivity index (χ0n) is 15.6. The van der Waals surface area contributed by atoms with E-state index in [0.717, 1.165) is 37.1 Å². The van der Waals surface area contributed by atoms with Crippen molar-refractivity contribution in [2.45, 2.75) is 32.0 Å². The molecular weight excluding hydrogens is 340 g/mol. The third-order valence-electron chi connectivity index (χ3n) is 4.93. The highest BCUT2D eigenvalue weighted by Crippen LogP contribution is 2.20. The van der Waals surface area contributed by atoms with Gasteiger partial charge in [-0.3, -0.25) is 4.79 Å². The van der Waals surface area contributed by atoms with Gasteiger partial charge in [0.1, 0.15) is 12.4 Å². The smallest absolute Gasteiger partial charge is 0.220 e. The lowest BCUT2D eigenvalue weighted by atomic mass is 10.0. The van der Waals surface area contributed by atoms with Crippen molar-refractivity contribution >= 4 is 5.91 Å².